The molecule has 3 aromatic heterocycles. The monoisotopic (exact) mass is 245 g/mol. The molecule has 0 amide bonds. The first-order valence-corrected chi connectivity index (χ1v) is 6.20. The lowest BCUT2D eigenvalue weighted by molar-refractivity contribution is 0.536. The van der Waals surface area contributed by atoms with Crippen molar-refractivity contribution in [1.82, 2.24) is 24.3 Å². The summed E-state index contributed by atoms with van der Waals surface area (Å²) in [4.78, 5) is 8.62. The van der Waals surface area contributed by atoms with Gasteiger partial charge in [0.25, 0.3) is 0 Å². The summed E-state index contributed by atoms with van der Waals surface area (Å²) in [5.41, 5.74) is 0. The van der Waals surface area contributed by atoms with Crippen LogP contribution >= 0.6 is 11.3 Å². The van der Waals surface area contributed by atoms with E-state index in [1.54, 1.807) is 29.9 Å². The molecule has 3 aromatic rings. The number of hydrogen-bond acceptors (Lipinski definition) is 4. The molecule has 0 aliphatic carbocycles. The maximum atomic E-state index is 4.34. The SMILES string of the molecule is c1cnn(CCn2ccnc2-c2nccs2)c1. The van der Waals surface area contributed by atoms with E-state index in [0.717, 1.165) is 23.9 Å². The van der Waals surface area contributed by atoms with E-state index >= 15 is 0 Å². The third-order valence-electron chi connectivity index (χ3n) is 2.47. The Balaban J connectivity index is 1.78. The second-order valence-corrected chi connectivity index (χ2v) is 4.45. The van der Waals surface area contributed by atoms with Crippen LogP contribution in [0.2, 0.25) is 0 Å². The smallest absolute Gasteiger partial charge is 0.169 e. The van der Waals surface area contributed by atoms with Crippen LogP contribution in [0.25, 0.3) is 10.8 Å². The van der Waals surface area contributed by atoms with Crippen molar-refractivity contribution < 1.29 is 0 Å². The molecular formula is C11H11N5S. The van der Waals surface area contributed by atoms with Gasteiger partial charge in [0, 0.05) is 42.9 Å². The molecule has 0 aliphatic heterocycles. The highest BCUT2D eigenvalue weighted by molar-refractivity contribution is 7.13. The molecule has 0 saturated heterocycles. The fraction of sp³-hybridized carbons (Fsp3) is 0.182. The van der Waals surface area contributed by atoms with Gasteiger partial charge in [-0.1, -0.05) is 0 Å². The highest BCUT2D eigenvalue weighted by Gasteiger charge is 2.07. The van der Waals surface area contributed by atoms with Gasteiger partial charge in [-0.15, -0.1) is 11.3 Å². The highest BCUT2D eigenvalue weighted by Crippen LogP contribution is 2.19. The molecule has 0 radical (unpaired) electrons. The summed E-state index contributed by atoms with van der Waals surface area (Å²) < 4.78 is 4.01. The Hall–Kier alpha value is -1.95. The Bertz CT molecular complexity index is 567. The van der Waals surface area contributed by atoms with Crippen LogP contribution in [0, 0.1) is 0 Å². The van der Waals surface area contributed by atoms with Gasteiger partial charge in [0.15, 0.2) is 10.8 Å². The molecule has 0 saturated carbocycles. The summed E-state index contributed by atoms with van der Waals surface area (Å²) in [6.07, 6.45) is 9.32. The standard InChI is InChI=1S/C11H11N5S/c1-2-14-16(5-1)8-7-15-6-3-12-10(15)11-13-4-9-17-11/h1-6,9H,7-8H2. The molecule has 0 unspecified atom stereocenters. The van der Waals surface area contributed by atoms with E-state index in [1.807, 2.05) is 28.5 Å². The van der Waals surface area contributed by atoms with Crippen LogP contribution in [0.15, 0.2) is 42.4 Å². The zero-order chi connectivity index (χ0) is 11.5. The maximum Gasteiger partial charge on any atom is 0.169 e. The topological polar surface area (TPSA) is 48.5 Å². The third kappa shape index (κ3) is 2.12. The van der Waals surface area contributed by atoms with Crippen molar-refractivity contribution in [3.8, 4) is 10.8 Å². The van der Waals surface area contributed by atoms with Gasteiger partial charge in [0.05, 0.1) is 6.54 Å². The minimum absolute atomic E-state index is 0.835. The number of imidazole rings is 1. The van der Waals surface area contributed by atoms with E-state index < -0.39 is 0 Å². The van der Waals surface area contributed by atoms with E-state index in [-0.39, 0.29) is 0 Å². The van der Waals surface area contributed by atoms with Crippen LogP contribution in [0.4, 0.5) is 0 Å². The molecule has 5 nitrogen and oxygen atoms in total. The minimum Gasteiger partial charge on any atom is -0.327 e. The van der Waals surface area contributed by atoms with E-state index in [0.29, 0.717) is 0 Å². The normalized spacial score (nSPS) is 10.8. The first-order chi connectivity index (χ1) is 8.43. The predicted octanol–water partition coefficient (Wildman–Crippen LogP) is 1.90. The second-order valence-electron chi connectivity index (χ2n) is 3.55. The van der Waals surface area contributed by atoms with E-state index in [2.05, 4.69) is 19.6 Å². The summed E-state index contributed by atoms with van der Waals surface area (Å²) in [5.74, 6) is 0.923. The predicted molar refractivity (Wildman–Crippen MR) is 65.6 cm³/mol. The second kappa shape index (κ2) is 4.50. The molecule has 0 spiro atoms. The molecule has 17 heavy (non-hydrogen) atoms. The van der Waals surface area contributed by atoms with Crippen molar-refractivity contribution in [3.63, 3.8) is 0 Å². The average molecular weight is 245 g/mol. The van der Waals surface area contributed by atoms with Crippen LogP contribution in [0.3, 0.4) is 0 Å². The van der Waals surface area contributed by atoms with Gasteiger partial charge in [0.1, 0.15) is 0 Å². The highest BCUT2D eigenvalue weighted by atomic mass is 32.1. The Morgan fingerprint density at radius 2 is 2.06 bits per heavy atom. The van der Waals surface area contributed by atoms with E-state index in [1.165, 1.54) is 0 Å². The quantitative estimate of drug-likeness (QED) is 0.705. The van der Waals surface area contributed by atoms with Crippen LogP contribution < -0.4 is 0 Å². The van der Waals surface area contributed by atoms with Crippen molar-refractivity contribution in [2.75, 3.05) is 0 Å². The Morgan fingerprint density at radius 1 is 1.06 bits per heavy atom. The molecule has 3 rings (SSSR count). The van der Waals surface area contributed by atoms with Crippen molar-refractivity contribution in [3.05, 3.63) is 42.4 Å². The summed E-state index contributed by atoms with van der Waals surface area (Å²) in [6.45, 7) is 1.68. The van der Waals surface area contributed by atoms with Crippen LogP contribution in [-0.2, 0) is 13.1 Å². The number of hydrogen-bond donors (Lipinski definition) is 0. The number of aromatic nitrogens is 5. The van der Waals surface area contributed by atoms with E-state index in [9.17, 15) is 0 Å². The van der Waals surface area contributed by atoms with Gasteiger partial charge in [-0.05, 0) is 6.07 Å². The molecule has 0 aromatic carbocycles. The van der Waals surface area contributed by atoms with Crippen molar-refractivity contribution in [1.29, 1.82) is 0 Å². The molecule has 86 valence electrons. The molecular weight excluding hydrogens is 234 g/mol. The zero-order valence-corrected chi connectivity index (χ0v) is 9.92. The lowest BCUT2D eigenvalue weighted by Crippen LogP contribution is -2.08. The first kappa shape index (κ1) is 10.2. The van der Waals surface area contributed by atoms with Crippen molar-refractivity contribution >= 4 is 11.3 Å². The molecule has 0 fully saturated rings. The lowest BCUT2D eigenvalue weighted by Gasteiger charge is -2.05. The number of rotatable bonds is 4. The molecule has 0 atom stereocenters. The Kier molecular flexibility index (Phi) is 2.71. The van der Waals surface area contributed by atoms with E-state index in [4.69, 9.17) is 0 Å². The van der Waals surface area contributed by atoms with Crippen LogP contribution in [0.5, 0.6) is 0 Å². The van der Waals surface area contributed by atoms with Crippen LogP contribution in [-0.4, -0.2) is 24.3 Å². The minimum atomic E-state index is 0.835. The molecule has 0 bridgehead atoms. The Labute approximate surface area is 102 Å². The molecule has 6 heteroatoms. The van der Waals surface area contributed by atoms with Gasteiger partial charge in [-0.3, -0.25) is 4.68 Å². The summed E-state index contributed by atoms with van der Waals surface area (Å²) in [5, 5.41) is 7.09. The lowest BCUT2D eigenvalue weighted by atomic mass is 10.5. The maximum absolute atomic E-state index is 4.34. The Morgan fingerprint density at radius 3 is 2.82 bits per heavy atom. The fourth-order valence-corrected chi connectivity index (χ4v) is 2.31. The summed E-state index contributed by atoms with van der Waals surface area (Å²) in [6, 6.07) is 1.93. The van der Waals surface area contributed by atoms with Crippen molar-refractivity contribution in [2.45, 2.75) is 13.1 Å². The average Bonchev–Trinajstić information content (AvgIpc) is 3.09. The largest absolute Gasteiger partial charge is 0.327 e. The molecule has 3 heterocycles. The van der Waals surface area contributed by atoms with Gasteiger partial charge < -0.3 is 4.57 Å². The van der Waals surface area contributed by atoms with Gasteiger partial charge >= 0.3 is 0 Å². The number of nitrogens with zero attached hydrogens (tertiary/aromatic N) is 5. The molecule has 0 N–H and O–H groups in total. The van der Waals surface area contributed by atoms with Crippen molar-refractivity contribution in [2.24, 2.45) is 0 Å². The zero-order valence-electron chi connectivity index (χ0n) is 9.10. The third-order valence-corrected chi connectivity index (χ3v) is 3.24. The van der Waals surface area contributed by atoms with Gasteiger partial charge in [-0.25, -0.2) is 9.97 Å². The van der Waals surface area contributed by atoms with Gasteiger partial charge in [0.2, 0.25) is 0 Å². The fourth-order valence-electron chi connectivity index (χ4n) is 1.66. The number of thiazole rings is 1. The first-order valence-electron chi connectivity index (χ1n) is 5.32. The molecule has 0 aliphatic rings. The summed E-state index contributed by atoms with van der Waals surface area (Å²) in [7, 11) is 0. The van der Waals surface area contributed by atoms with Gasteiger partial charge in [-0.2, -0.15) is 5.10 Å². The summed E-state index contributed by atoms with van der Waals surface area (Å²) >= 11 is 1.60. The van der Waals surface area contributed by atoms with Crippen LogP contribution in [0.1, 0.15) is 0 Å². The number of aryl methyl sites for hydroxylation is 2.